The van der Waals surface area contributed by atoms with E-state index in [4.69, 9.17) is 19.4 Å². The second-order valence-electron chi connectivity index (χ2n) is 19.8. The second-order valence-corrected chi connectivity index (χ2v) is 19.8. The number of fused-ring (bicyclic) bond motifs is 21. The Morgan fingerprint density at radius 2 is 0.892 bits per heavy atom. The molecule has 0 saturated carbocycles. The molecule has 2 aliphatic carbocycles. The van der Waals surface area contributed by atoms with E-state index in [-0.39, 0.29) is 0 Å². The van der Waals surface area contributed by atoms with Gasteiger partial charge in [0.1, 0.15) is 23.0 Å². The number of ether oxygens (including phenoxy) is 2. The molecule has 10 aromatic carbocycles. The van der Waals surface area contributed by atoms with Gasteiger partial charge in [-0.2, -0.15) is 5.26 Å². The van der Waals surface area contributed by atoms with Crippen LogP contribution in [0.4, 0.5) is 0 Å². The lowest BCUT2D eigenvalue weighted by atomic mass is 9.66. The molecule has 5 nitrogen and oxygen atoms in total. The molecule has 0 amide bonds. The number of para-hydroxylation sites is 2. The average molecular weight is 942 g/mol. The highest BCUT2D eigenvalue weighted by Crippen LogP contribution is 2.65. The van der Waals surface area contributed by atoms with Gasteiger partial charge in [0, 0.05) is 44.8 Å². The Balaban J connectivity index is 0.857. The summed E-state index contributed by atoms with van der Waals surface area (Å²) in [6.07, 6.45) is 1.93. The summed E-state index contributed by atoms with van der Waals surface area (Å²) in [7, 11) is 0. The van der Waals surface area contributed by atoms with E-state index in [9.17, 15) is 5.26 Å². The first-order chi connectivity index (χ1) is 36.6. The Labute approximate surface area is 426 Å². The molecule has 16 rings (SSSR count). The van der Waals surface area contributed by atoms with Gasteiger partial charge in [-0.3, -0.25) is 4.98 Å². The zero-order chi connectivity index (χ0) is 48.7. The first-order valence-corrected chi connectivity index (χ1v) is 25.1. The first-order valence-electron chi connectivity index (χ1n) is 25.1. The highest BCUT2D eigenvalue weighted by Gasteiger charge is 2.53. The lowest BCUT2D eigenvalue weighted by Gasteiger charge is -2.39. The molecule has 12 aromatic rings. The van der Waals surface area contributed by atoms with Crippen molar-refractivity contribution >= 4 is 21.8 Å². The molecule has 74 heavy (non-hydrogen) atoms. The van der Waals surface area contributed by atoms with Crippen LogP contribution in [0.1, 0.15) is 50.1 Å². The van der Waals surface area contributed by atoms with Crippen LogP contribution < -0.4 is 9.47 Å². The highest BCUT2D eigenvalue weighted by atomic mass is 16.5. The standard InChI is InChI=1S/C69H39N3O2/c70-40-41-13-11-14-43(37-41)44-28-32-58-63(38-44)73-62-26-10-8-23-56(62)69(58)54-21-6-3-17-51(54)65-49(18-12-24-59(65)69)46-35-36-71-67-50(46)31-27-42-30-34-60(72-66(42)67)45-29-33-57-64(39-45)74-61-25-9-7-22-55(61)68(57)52-19-4-1-15-47(52)48-16-2-5-20-53(48)68/h1-39H. The van der Waals surface area contributed by atoms with Crippen LogP contribution in [0.15, 0.2) is 237 Å². The van der Waals surface area contributed by atoms with E-state index in [2.05, 4.69) is 206 Å². The minimum atomic E-state index is -0.671. The van der Waals surface area contributed by atoms with Crippen LogP contribution in [-0.2, 0) is 10.8 Å². The first kappa shape index (κ1) is 40.8. The average Bonchev–Trinajstić information content (AvgIpc) is 3.94. The molecule has 1 unspecified atom stereocenters. The number of rotatable bonds is 3. The van der Waals surface area contributed by atoms with Crippen molar-refractivity contribution in [2.45, 2.75) is 10.8 Å². The number of nitrogens with zero attached hydrogens (tertiary/aromatic N) is 3. The molecule has 0 saturated heterocycles. The van der Waals surface area contributed by atoms with Gasteiger partial charge in [-0.15, -0.1) is 0 Å². The normalized spacial score (nSPS) is 15.4. The van der Waals surface area contributed by atoms with Crippen LogP contribution in [0.3, 0.4) is 0 Å². The van der Waals surface area contributed by atoms with E-state index in [1.165, 1.54) is 44.5 Å². The molecular weight excluding hydrogens is 903 g/mol. The van der Waals surface area contributed by atoms with Crippen LogP contribution >= 0.6 is 0 Å². The maximum atomic E-state index is 9.74. The molecular formula is C69H39N3O2. The Hall–Kier alpha value is -9.89. The predicted octanol–water partition coefficient (Wildman–Crippen LogP) is 16.6. The van der Waals surface area contributed by atoms with Crippen LogP contribution in [-0.4, -0.2) is 9.97 Å². The summed E-state index contributed by atoms with van der Waals surface area (Å²) in [5.74, 6) is 3.30. The largest absolute Gasteiger partial charge is 0.457 e. The molecule has 1 atom stereocenters. The van der Waals surface area contributed by atoms with E-state index in [0.717, 1.165) is 101 Å². The SMILES string of the molecule is N#Cc1cccc(-c2ccc3c(c2)Oc2ccccc2C32c3ccccc3-c3c(-c4ccnc5c4ccc4ccc(-c6ccc7c(c6)Oc6ccccc6C76c7ccccc7-c7ccccc76)nc45)cccc32)c1. The monoisotopic (exact) mass is 941 g/mol. The van der Waals surface area contributed by atoms with E-state index in [1.54, 1.807) is 0 Å². The molecule has 0 N–H and O–H groups in total. The fraction of sp³-hybridized carbons (Fsp3) is 0.0290. The third-order valence-electron chi connectivity index (χ3n) is 16.3. The lowest BCUT2D eigenvalue weighted by Crippen LogP contribution is -2.32. The molecule has 5 heteroatoms. The van der Waals surface area contributed by atoms with Crippen molar-refractivity contribution in [3.8, 4) is 84.8 Å². The van der Waals surface area contributed by atoms with Crippen LogP contribution in [0.5, 0.6) is 23.0 Å². The molecule has 2 spiro atoms. The van der Waals surface area contributed by atoms with Gasteiger partial charge in [-0.1, -0.05) is 182 Å². The molecule has 4 aliphatic rings. The van der Waals surface area contributed by atoms with Gasteiger partial charge >= 0.3 is 0 Å². The van der Waals surface area contributed by atoms with Crippen molar-refractivity contribution in [2.24, 2.45) is 0 Å². The minimum Gasteiger partial charge on any atom is -0.457 e. The number of aromatic nitrogens is 2. The van der Waals surface area contributed by atoms with Crippen molar-refractivity contribution in [3.05, 3.63) is 287 Å². The summed E-state index contributed by atoms with van der Waals surface area (Å²) < 4.78 is 13.8. The fourth-order valence-corrected chi connectivity index (χ4v) is 13.3. The number of hydrogen-bond donors (Lipinski definition) is 0. The topological polar surface area (TPSA) is 68.0 Å². The van der Waals surface area contributed by atoms with Gasteiger partial charge in [-0.25, -0.2) is 4.98 Å². The summed E-state index contributed by atoms with van der Waals surface area (Å²) in [5.41, 5.74) is 21.3. The molecule has 2 aromatic heterocycles. The number of hydrogen-bond acceptors (Lipinski definition) is 5. The lowest BCUT2D eigenvalue weighted by molar-refractivity contribution is 0.436. The number of benzene rings is 10. The Morgan fingerprint density at radius 3 is 1.59 bits per heavy atom. The number of nitriles is 1. The van der Waals surface area contributed by atoms with Crippen molar-refractivity contribution in [3.63, 3.8) is 0 Å². The summed E-state index contributed by atoms with van der Waals surface area (Å²) in [6.45, 7) is 0. The van der Waals surface area contributed by atoms with Crippen molar-refractivity contribution in [1.82, 2.24) is 9.97 Å². The van der Waals surface area contributed by atoms with Crippen LogP contribution in [0.2, 0.25) is 0 Å². The predicted molar refractivity (Wildman–Crippen MR) is 293 cm³/mol. The molecule has 0 fully saturated rings. The second kappa shape index (κ2) is 15.1. The van der Waals surface area contributed by atoms with Gasteiger partial charge in [0.25, 0.3) is 0 Å². The quantitative estimate of drug-likeness (QED) is 0.165. The van der Waals surface area contributed by atoms with E-state index in [0.29, 0.717) is 5.56 Å². The summed E-state index contributed by atoms with van der Waals surface area (Å²) in [4.78, 5) is 10.6. The van der Waals surface area contributed by atoms with Gasteiger partial charge < -0.3 is 9.47 Å². The van der Waals surface area contributed by atoms with Crippen LogP contribution in [0.25, 0.3) is 77.6 Å². The Morgan fingerprint density at radius 1 is 0.365 bits per heavy atom. The molecule has 0 radical (unpaired) electrons. The maximum Gasteiger partial charge on any atom is 0.132 e. The van der Waals surface area contributed by atoms with E-state index in [1.807, 2.05) is 36.5 Å². The number of pyridine rings is 2. The molecule has 0 bridgehead atoms. The van der Waals surface area contributed by atoms with Crippen molar-refractivity contribution in [2.75, 3.05) is 0 Å². The highest BCUT2D eigenvalue weighted by molar-refractivity contribution is 6.11. The zero-order valence-corrected chi connectivity index (χ0v) is 39.7. The Kier molecular flexibility index (Phi) is 8.31. The summed E-state index contributed by atoms with van der Waals surface area (Å²) >= 11 is 0. The maximum absolute atomic E-state index is 9.74. The molecule has 2 aliphatic heterocycles. The molecule has 4 heterocycles. The van der Waals surface area contributed by atoms with Crippen molar-refractivity contribution < 1.29 is 9.47 Å². The van der Waals surface area contributed by atoms with Crippen molar-refractivity contribution in [1.29, 1.82) is 5.26 Å². The van der Waals surface area contributed by atoms with Gasteiger partial charge in [0.05, 0.1) is 39.2 Å². The minimum absolute atomic E-state index is 0.533. The van der Waals surface area contributed by atoms with Gasteiger partial charge in [0.15, 0.2) is 0 Å². The summed E-state index contributed by atoms with van der Waals surface area (Å²) in [6, 6.07) is 84.3. The Bertz CT molecular complexity index is 4440. The third kappa shape index (κ3) is 5.30. The van der Waals surface area contributed by atoms with Crippen LogP contribution in [0, 0.1) is 11.3 Å². The zero-order valence-electron chi connectivity index (χ0n) is 39.7. The smallest absolute Gasteiger partial charge is 0.132 e. The fourth-order valence-electron chi connectivity index (χ4n) is 13.3. The summed E-state index contributed by atoms with van der Waals surface area (Å²) in [5, 5.41) is 11.8. The van der Waals surface area contributed by atoms with Gasteiger partial charge in [0.2, 0.25) is 0 Å². The van der Waals surface area contributed by atoms with E-state index >= 15 is 0 Å². The van der Waals surface area contributed by atoms with E-state index < -0.39 is 10.8 Å². The molecule has 342 valence electrons. The van der Waals surface area contributed by atoms with Gasteiger partial charge in [-0.05, 0) is 115 Å². The third-order valence-corrected chi connectivity index (χ3v) is 16.3.